The Morgan fingerprint density at radius 1 is 0.545 bits per heavy atom. The van der Waals surface area contributed by atoms with Crippen molar-refractivity contribution in [2.24, 2.45) is 0 Å². The highest BCUT2D eigenvalue weighted by Crippen LogP contribution is 2.22. The molecular weight excluding hydrogens is 410 g/mol. The van der Waals surface area contributed by atoms with Crippen molar-refractivity contribution < 1.29 is 14.2 Å². The van der Waals surface area contributed by atoms with E-state index in [1.54, 1.807) is 0 Å². The third-order valence-corrected chi connectivity index (χ3v) is 5.14. The summed E-state index contributed by atoms with van der Waals surface area (Å²) >= 11 is 0. The minimum atomic E-state index is 0.483. The van der Waals surface area contributed by atoms with Gasteiger partial charge in [-0.1, -0.05) is 72.8 Å². The summed E-state index contributed by atoms with van der Waals surface area (Å²) in [5.41, 5.74) is 3.37. The van der Waals surface area contributed by atoms with Crippen molar-refractivity contribution in [1.82, 2.24) is 0 Å². The third kappa shape index (κ3) is 7.32. The maximum absolute atomic E-state index is 5.98. The molecule has 0 aromatic heterocycles. The molecule has 4 heteroatoms. The number of benzene rings is 4. The van der Waals surface area contributed by atoms with Gasteiger partial charge in [-0.25, -0.2) is 0 Å². The molecule has 0 aliphatic rings. The van der Waals surface area contributed by atoms with Gasteiger partial charge in [0.15, 0.2) is 0 Å². The Labute approximate surface area is 195 Å². The van der Waals surface area contributed by atoms with Crippen LogP contribution in [0, 0.1) is 0 Å². The molecule has 0 amide bonds. The molecule has 4 nitrogen and oxygen atoms in total. The average Bonchev–Trinajstić information content (AvgIpc) is 2.87. The Hall–Kier alpha value is -3.92. The smallest absolute Gasteiger partial charge is 0.124 e. The molecule has 4 rings (SSSR count). The molecule has 0 unspecified atom stereocenters. The van der Waals surface area contributed by atoms with E-state index in [0.717, 1.165) is 34.9 Å². The zero-order valence-corrected chi connectivity index (χ0v) is 18.7. The molecule has 0 fully saturated rings. The summed E-state index contributed by atoms with van der Waals surface area (Å²) in [4.78, 5) is 0. The minimum absolute atomic E-state index is 0.483. The number of hydrogen-bond acceptors (Lipinski definition) is 4. The van der Waals surface area contributed by atoms with Gasteiger partial charge < -0.3 is 19.5 Å². The van der Waals surface area contributed by atoms with Gasteiger partial charge in [-0.15, -0.1) is 0 Å². The largest absolute Gasteiger partial charge is 0.493 e. The summed E-state index contributed by atoms with van der Waals surface area (Å²) < 4.78 is 17.6. The van der Waals surface area contributed by atoms with Crippen molar-refractivity contribution in [3.05, 3.63) is 120 Å². The molecule has 1 N–H and O–H groups in total. The Kier molecular flexibility index (Phi) is 8.24. The molecule has 0 saturated carbocycles. The van der Waals surface area contributed by atoms with E-state index in [-0.39, 0.29) is 0 Å². The highest BCUT2D eigenvalue weighted by molar-refractivity contribution is 5.49. The van der Waals surface area contributed by atoms with Gasteiger partial charge in [-0.2, -0.15) is 0 Å². The fraction of sp³-hybridized carbons (Fsp3) is 0.172. The maximum atomic E-state index is 5.98. The van der Waals surface area contributed by atoms with E-state index in [1.165, 1.54) is 5.56 Å². The second-order valence-electron chi connectivity index (χ2n) is 7.58. The first-order valence-electron chi connectivity index (χ1n) is 11.3. The van der Waals surface area contributed by atoms with Crippen LogP contribution >= 0.6 is 0 Å². The number of ether oxygens (including phenoxy) is 3. The Morgan fingerprint density at radius 2 is 1.21 bits per heavy atom. The first-order valence-corrected chi connectivity index (χ1v) is 11.3. The number of rotatable bonds is 12. The van der Waals surface area contributed by atoms with Crippen LogP contribution < -0.4 is 19.5 Å². The lowest BCUT2D eigenvalue weighted by molar-refractivity contribution is 0.216. The Morgan fingerprint density at radius 3 is 2.06 bits per heavy atom. The number of para-hydroxylation sites is 2. The first-order chi connectivity index (χ1) is 16.4. The van der Waals surface area contributed by atoms with Gasteiger partial charge in [0.05, 0.1) is 6.61 Å². The number of anilines is 1. The quantitative estimate of drug-likeness (QED) is 0.260. The van der Waals surface area contributed by atoms with Gasteiger partial charge in [-0.05, 0) is 35.9 Å². The lowest BCUT2D eigenvalue weighted by Gasteiger charge is -2.14. The number of hydrogen-bond donors (Lipinski definition) is 1. The molecule has 0 radical (unpaired) electrons. The van der Waals surface area contributed by atoms with Crippen LogP contribution in [-0.2, 0) is 13.0 Å². The maximum Gasteiger partial charge on any atom is 0.124 e. The van der Waals surface area contributed by atoms with Crippen molar-refractivity contribution in [3.8, 4) is 17.2 Å². The van der Waals surface area contributed by atoms with Gasteiger partial charge >= 0.3 is 0 Å². The van der Waals surface area contributed by atoms with E-state index in [9.17, 15) is 0 Å². The molecule has 0 heterocycles. The van der Waals surface area contributed by atoms with Gasteiger partial charge in [0.25, 0.3) is 0 Å². The fourth-order valence-electron chi connectivity index (χ4n) is 3.44. The van der Waals surface area contributed by atoms with Crippen molar-refractivity contribution in [2.75, 3.05) is 25.1 Å². The minimum Gasteiger partial charge on any atom is -0.493 e. The van der Waals surface area contributed by atoms with Gasteiger partial charge in [0, 0.05) is 30.3 Å². The zero-order chi connectivity index (χ0) is 22.6. The van der Waals surface area contributed by atoms with E-state index in [0.29, 0.717) is 26.4 Å². The van der Waals surface area contributed by atoms with E-state index < -0.39 is 0 Å². The van der Waals surface area contributed by atoms with E-state index in [1.807, 2.05) is 78.9 Å². The normalized spacial score (nSPS) is 10.4. The van der Waals surface area contributed by atoms with Crippen molar-refractivity contribution in [2.45, 2.75) is 13.0 Å². The molecule has 0 bridgehead atoms. The van der Waals surface area contributed by atoms with Gasteiger partial charge in [-0.3, -0.25) is 0 Å². The summed E-state index contributed by atoms with van der Waals surface area (Å²) in [5, 5.41) is 3.47. The summed E-state index contributed by atoms with van der Waals surface area (Å²) in [5.74, 6) is 2.57. The van der Waals surface area contributed by atoms with Crippen LogP contribution in [0.25, 0.3) is 0 Å². The van der Waals surface area contributed by atoms with Crippen LogP contribution in [0.15, 0.2) is 109 Å². The molecule has 0 aliphatic heterocycles. The predicted octanol–water partition coefficient (Wildman–Crippen LogP) is 6.38. The Bertz CT molecular complexity index is 1100. The summed E-state index contributed by atoms with van der Waals surface area (Å²) in [6.07, 6.45) is 0.886. The second-order valence-corrected chi connectivity index (χ2v) is 7.58. The highest BCUT2D eigenvalue weighted by Gasteiger charge is 2.04. The molecule has 0 saturated heterocycles. The van der Waals surface area contributed by atoms with Crippen LogP contribution in [-0.4, -0.2) is 19.8 Å². The molecule has 0 aliphatic carbocycles. The molecule has 0 atom stereocenters. The van der Waals surface area contributed by atoms with Crippen molar-refractivity contribution >= 4 is 5.69 Å². The zero-order valence-electron chi connectivity index (χ0n) is 18.7. The number of nitrogens with one attached hydrogen (secondary N) is 1. The van der Waals surface area contributed by atoms with Crippen LogP contribution in [0.3, 0.4) is 0 Å². The third-order valence-electron chi connectivity index (χ3n) is 5.14. The van der Waals surface area contributed by atoms with Crippen molar-refractivity contribution in [1.29, 1.82) is 0 Å². The average molecular weight is 440 g/mol. The van der Waals surface area contributed by atoms with E-state index >= 15 is 0 Å². The molecule has 168 valence electrons. The van der Waals surface area contributed by atoms with Crippen LogP contribution in [0.2, 0.25) is 0 Å². The second kappa shape index (κ2) is 12.2. The van der Waals surface area contributed by atoms with Crippen LogP contribution in [0.1, 0.15) is 11.1 Å². The standard InChI is InChI=1S/C29H29NO3/c1-3-10-24(11-4-1)18-19-31-28-16-9-13-26(22-28)30-23-25-12-7-8-17-29(25)33-21-20-32-27-14-5-2-6-15-27/h1-17,22,30H,18-21,23H2. The molecule has 4 aromatic carbocycles. The molecule has 4 aromatic rings. The lowest BCUT2D eigenvalue weighted by Crippen LogP contribution is -2.11. The van der Waals surface area contributed by atoms with Crippen LogP contribution in [0.4, 0.5) is 5.69 Å². The molecule has 33 heavy (non-hydrogen) atoms. The van der Waals surface area contributed by atoms with E-state index in [2.05, 4.69) is 35.6 Å². The van der Waals surface area contributed by atoms with Gasteiger partial charge in [0.1, 0.15) is 30.5 Å². The topological polar surface area (TPSA) is 39.7 Å². The lowest BCUT2D eigenvalue weighted by atomic mass is 10.2. The summed E-state index contributed by atoms with van der Waals surface area (Å²) in [6.45, 7) is 2.28. The van der Waals surface area contributed by atoms with Crippen molar-refractivity contribution in [3.63, 3.8) is 0 Å². The monoisotopic (exact) mass is 439 g/mol. The van der Waals surface area contributed by atoms with E-state index in [4.69, 9.17) is 14.2 Å². The SMILES string of the molecule is c1ccc(CCOc2cccc(NCc3ccccc3OCCOc3ccccc3)c2)cc1. The Balaban J connectivity index is 1.25. The molecular formula is C29H29NO3. The summed E-state index contributed by atoms with van der Waals surface area (Å²) in [6, 6.07) is 36.3. The van der Waals surface area contributed by atoms with Crippen LogP contribution in [0.5, 0.6) is 17.2 Å². The first kappa shape index (κ1) is 22.3. The highest BCUT2D eigenvalue weighted by atomic mass is 16.5. The summed E-state index contributed by atoms with van der Waals surface area (Å²) in [7, 11) is 0. The molecule has 0 spiro atoms. The predicted molar refractivity (Wildman–Crippen MR) is 133 cm³/mol. The fourth-order valence-corrected chi connectivity index (χ4v) is 3.44. The van der Waals surface area contributed by atoms with Gasteiger partial charge in [0.2, 0.25) is 0 Å².